The zero-order chi connectivity index (χ0) is 69.5. The number of benzene rings is 4. The van der Waals surface area contributed by atoms with Crippen molar-refractivity contribution in [3.8, 4) is 0 Å². The number of Topliss-reactive ketones (excluding diaryl/α,β-unsaturated/α-hetero) is 5. The minimum Gasteiger partial charge on any atom is -0.457 e. The van der Waals surface area contributed by atoms with Crippen molar-refractivity contribution in [1.82, 2.24) is 0 Å². The Labute approximate surface area is 516 Å². The summed E-state index contributed by atoms with van der Waals surface area (Å²) in [6, 6.07) is 24.5. The Hall–Kier alpha value is -11.4. The van der Waals surface area contributed by atoms with Crippen LogP contribution in [0.2, 0.25) is 0 Å². The molecule has 0 saturated carbocycles. The van der Waals surface area contributed by atoms with E-state index >= 15 is 0 Å². The summed E-state index contributed by atoms with van der Waals surface area (Å²) in [5, 5.41) is 45.1. The normalized spacial score (nSPS) is 10.0. The molecule has 0 aromatic heterocycles. The monoisotopic (exact) mass is 1290 g/mol. The molecular weight excluding hydrogens is 1220 g/mol. The molecule has 0 radical (unpaired) electrons. The molecule has 0 unspecified atom stereocenters. The first-order chi connectivity index (χ1) is 42.5. The molecule has 0 aliphatic carbocycles. The molecule has 0 saturated heterocycles. The Bertz CT molecular complexity index is 3160. The van der Waals surface area contributed by atoms with Crippen LogP contribution < -0.4 is 0 Å². The SMILES string of the molecule is CC(C)OC(=O)C(=O)CO[N+](=O)[O-].CC(C)OC(=O)C(=O)Cc1ccc(CO[N+](=O)[O-])cc1.CC(C)OC(=O)C(=O)Cc1cccc(CO[N+](=O)[O-])c1.CC(C)OC(=O)C(=O)c1ccc(CO[N+](=O)[O-])cc1.CC(C)OC(=O)C(=O)c1cccc(CO[N+](=O)[O-])c1. The first-order valence-corrected chi connectivity index (χ1v) is 26.4. The van der Waals surface area contributed by atoms with E-state index in [1.807, 2.05) is 0 Å². The second kappa shape index (κ2) is 42.4. The van der Waals surface area contributed by atoms with Gasteiger partial charge in [0.1, 0.15) is 26.4 Å². The molecule has 0 aliphatic rings. The topological polar surface area (TPSA) is 479 Å². The summed E-state index contributed by atoms with van der Waals surface area (Å²) in [4.78, 5) is 184. The van der Waals surface area contributed by atoms with E-state index in [2.05, 4.69) is 28.9 Å². The molecule has 0 aliphatic heterocycles. The van der Waals surface area contributed by atoms with Gasteiger partial charge in [0, 0.05) is 24.0 Å². The third-order valence-corrected chi connectivity index (χ3v) is 9.56. The molecule has 0 heterocycles. The zero-order valence-corrected chi connectivity index (χ0v) is 50.6. The number of hydrogen-bond donors (Lipinski definition) is 0. The van der Waals surface area contributed by atoms with E-state index in [0.29, 0.717) is 33.4 Å². The van der Waals surface area contributed by atoms with Gasteiger partial charge in [-0.3, -0.25) is 24.0 Å². The minimum absolute atomic E-state index is 0.0675. The maximum absolute atomic E-state index is 11.7. The molecule has 0 fully saturated rings. The van der Waals surface area contributed by atoms with Gasteiger partial charge in [0.05, 0.1) is 30.5 Å². The first kappa shape index (κ1) is 79.6. The fraction of sp³-hybridized carbons (Fsp3) is 0.393. The summed E-state index contributed by atoms with van der Waals surface area (Å²) < 4.78 is 23.6. The average molecular weight is 1290 g/mol. The van der Waals surface area contributed by atoms with Gasteiger partial charge in [-0.25, -0.2) is 24.0 Å². The van der Waals surface area contributed by atoms with Crippen molar-refractivity contribution >= 4 is 58.8 Å². The van der Waals surface area contributed by atoms with Gasteiger partial charge >= 0.3 is 29.8 Å². The van der Waals surface area contributed by atoms with Crippen molar-refractivity contribution in [2.75, 3.05) is 6.61 Å². The average Bonchev–Trinajstić information content (AvgIpc) is 2.69. The second-order valence-corrected chi connectivity index (χ2v) is 19.1. The number of rotatable bonds is 31. The Balaban J connectivity index is 0.00000112. The van der Waals surface area contributed by atoms with Crippen LogP contribution in [0.5, 0.6) is 0 Å². The quantitative estimate of drug-likeness (QED) is 0.0146. The molecule has 91 heavy (non-hydrogen) atoms. The number of ketones is 5. The maximum atomic E-state index is 11.7. The van der Waals surface area contributed by atoms with Crippen LogP contribution in [0.3, 0.4) is 0 Å². The molecule has 0 amide bonds. The predicted octanol–water partition coefficient (Wildman–Crippen LogP) is 5.69. The van der Waals surface area contributed by atoms with E-state index in [-0.39, 0.29) is 68.7 Å². The predicted molar refractivity (Wildman–Crippen MR) is 303 cm³/mol. The Morgan fingerprint density at radius 3 is 0.978 bits per heavy atom. The number of carbonyl (C=O) groups is 10. The summed E-state index contributed by atoms with van der Waals surface area (Å²) in [7, 11) is 0. The fourth-order valence-electron chi connectivity index (χ4n) is 5.94. The van der Waals surface area contributed by atoms with Gasteiger partial charge in [-0.15, -0.1) is 50.6 Å². The standard InChI is InChI=1S/2C13H15NO6.2C12H13NO6.C6H9NO6/c1-9(2)20-13(16)12(15)7-10-3-5-11(6-4-10)8-19-14(17)18;1-9(2)20-13(16)12(15)7-10-4-3-5-11(6-10)8-19-14(17)18;1-8(2)19-12(15)11(14)10-5-3-9(4-6-10)7-18-13(16)17;1-8(2)19-12(15)11(14)10-5-3-4-9(6-10)7-18-13(16)17;1-4(2)13-6(9)5(8)3-12-7(10)11/h2*3-6,9H,7-8H2,1-2H3;2*3-6,8H,7H2,1-2H3;4H,3H2,1-2H3. The van der Waals surface area contributed by atoms with Gasteiger partial charge in [-0.05, 0) is 109 Å². The molecular formula is C56H65N5O30. The molecule has 0 atom stereocenters. The number of nitrogens with zero attached hydrogens (tertiary/aromatic N) is 5. The van der Waals surface area contributed by atoms with Crippen LogP contribution in [-0.2, 0) is 125 Å². The lowest BCUT2D eigenvalue weighted by Crippen LogP contribution is -2.26. The van der Waals surface area contributed by atoms with Gasteiger partial charge in [0.2, 0.25) is 11.6 Å². The van der Waals surface area contributed by atoms with E-state index in [0.717, 1.165) is 0 Å². The van der Waals surface area contributed by atoms with E-state index in [4.69, 9.17) is 18.9 Å². The molecule has 35 heteroatoms. The van der Waals surface area contributed by atoms with Crippen molar-refractivity contribution in [2.45, 2.75) is 139 Å². The minimum atomic E-state index is -1.15. The van der Waals surface area contributed by atoms with Crippen molar-refractivity contribution in [3.63, 3.8) is 0 Å². The van der Waals surface area contributed by atoms with E-state index in [1.165, 1.54) is 42.5 Å². The lowest BCUT2D eigenvalue weighted by atomic mass is 10.1. The third-order valence-electron chi connectivity index (χ3n) is 9.56. The molecule has 0 spiro atoms. The van der Waals surface area contributed by atoms with Gasteiger partial charge in [-0.1, -0.05) is 91.0 Å². The zero-order valence-electron chi connectivity index (χ0n) is 50.6. The molecule has 35 nitrogen and oxygen atoms in total. The van der Waals surface area contributed by atoms with Crippen molar-refractivity contribution in [3.05, 3.63) is 192 Å². The number of ether oxygens (including phenoxy) is 5. The highest BCUT2D eigenvalue weighted by Gasteiger charge is 2.23. The van der Waals surface area contributed by atoms with Crippen molar-refractivity contribution < 1.29 is 121 Å². The highest BCUT2D eigenvalue weighted by Crippen LogP contribution is 2.13. The van der Waals surface area contributed by atoms with E-state index < -0.39 is 103 Å². The Morgan fingerprint density at radius 1 is 0.319 bits per heavy atom. The highest BCUT2D eigenvalue weighted by atomic mass is 17.0. The van der Waals surface area contributed by atoms with Gasteiger partial charge < -0.3 is 47.9 Å². The fourth-order valence-corrected chi connectivity index (χ4v) is 5.94. The summed E-state index contributed by atoms with van der Waals surface area (Å²) in [5.41, 5.74) is 3.54. The van der Waals surface area contributed by atoms with Crippen LogP contribution in [0.25, 0.3) is 0 Å². The van der Waals surface area contributed by atoms with E-state index in [1.54, 1.807) is 124 Å². The first-order valence-electron chi connectivity index (χ1n) is 26.4. The summed E-state index contributed by atoms with van der Waals surface area (Å²) in [5.74, 6) is -8.67. The number of esters is 5. The summed E-state index contributed by atoms with van der Waals surface area (Å²) >= 11 is 0. The highest BCUT2D eigenvalue weighted by molar-refractivity contribution is 6.41. The van der Waals surface area contributed by atoms with Crippen LogP contribution in [-0.4, -0.2) is 121 Å². The molecule has 494 valence electrons. The van der Waals surface area contributed by atoms with Crippen LogP contribution in [0.4, 0.5) is 0 Å². The Morgan fingerprint density at radius 2 is 0.604 bits per heavy atom. The number of carbonyl (C=O) groups excluding carboxylic acids is 10. The molecule has 4 aromatic rings. The largest absolute Gasteiger partial charge is 0.457 e. The van der Waals surface area contributed by atoms with Crippen LogP contribution >= 0.6 is 0 Å². The molecule has 0 bridgehead atoms. The van der Waals surface area contributed by atoms with Crippen molar-refractivity contribution in [2.24, 2.45) is 0 Å². The molecule has 4 rings (SSSR count). The van der Waals surface area contributed by atoms with Gasteiger partial charge in [-0.2, -0.15) is 0 Å². The van der Waals surface area contributed by atoms with Crippen molar-refractivity contribution in [1.29, 1.82) is 0 Å². The summed E-state index contributed by atoms with van der Waals surface area (Å²) in [6.07, 6.45) is -2.08. The molecule has 4 aromatic carbocycles. The van der Waals surface area contributed by atoms with Crippen LogP contribution in [0, 0.1) is 50.6 Å². The van der Waals surface area contributed by atoms with E-state index in [9.17, 15) is 98.5 Å². The van der Waals surface area contributed by atoms with Gasteiger partial charge in [0.25, 0.3) is 42.8 Å². The number of hydrogen-bond acceptors (Lipinski definition) is 30. The second-order valence-electron chi connectivity index (χ2n) is 19.1. The van der Waals surface area contributed by atoms with Crippen LogP contribution in [0.1, 0.15) is 123 Å². The Kier molecular flexibility index (Phi) is 37.1. The lowest BCUT2D eigenvalue weighted by Gasteiger charge is -2.07. The van der Waals surface area contributed by atoms with Crippen LogP contribution in [0.15, 0.2) is 97.1 Å². The summed E-state index contributed by atoms with van der Waals surface area (Å²) in [6.45, 7) is 14.5. The lowest BCUT2D eigenvalue weighted by molar-refractivity contribution is -0.763. The maximum Gasteiger partial charge on any atom is 0.379 e. The smallest absolute Gasteiger partial charge is 0.379 e. The third kappa shape index (κ3) is 38.4. The molecule has 0 N–H and O–H groups in total. The van der Waals surface area contributed by atoms with Gasteiger partial charge in [0.15, 0.2) is 6.61 Å².